The molecule has 0 amide bonds. The zero-order valence-electron chi connectivity index (χ0n) is 11.0. The van der Waals surface area contributed by atoms with Crippen LogP contribution < -0.4 is 5.32 Å². The van der Waals surface area contributed by atoms with Crippen LogP contribution in [0, 0.1) is 0 Å². The van der Waals surface area contributed by atoms with Gasteiger partial charge in [0, 0.05) is 25.2 Å². The Kier molecular flexibility index (Phi) is 3.06. The van der Waals surface area contributed by atoms with Crippen LogP contribution in [0.1, 0.15) is 19.7 Å². The van der Waals surface area contributed by atoms with E-state index in [9.17, 15) is 0 Å². The molecule has 0 bridgehead atoms. The van der Waals surface area contributed by atoms with E-state index >= 15 is 0 Å². The second-order valence-electron chi connectivity index (χ2n) is 5.23. The van der Waals surface area contributed by atoms with Gasteiger partial charge in [-0.2, -0.15) is 0 Å². The van der Waals surface area contributed by atoms with Crippen molar-refractivity contribution in [2.75, 3.05) is 13.1 Å². The Hall–Kier alpha value is -1.39. The molecule has 4 nitrogen and oxygen atoms in total. The third-order valence-corrected chi connectivity index (χ3v) is 3.78. The lowest BCUT2D eigenvalue weighted by molar-refractivity contribution is 0.106. The van der Waals surface area contributed by atoms with Gasteiger partial charge in [0.15, 0.2) is 0 Å². The molecule has 3 rings (SSSR count). The summed E-state index contributed by atoms with van der Waals surface area (Å²) in [6.07, 6.45) is 0. The van der Waals surface area contributed by atoms with Crippen LogP contribution in [0.3, 0.4) is 0 Å². The average molecular weight is 244 g/mol. The Morgan fingerprint density at radius 3 is 2.67 bits per heavy atom. The van der Waals surface area contributed by atoms with Crippen molar-refractivity contribution in [2.45, 2.75) is 32.5 Å². The lowest BCUT2D eigenvalue weighted by Gasteiger charge is -2.38. The molecule has 0 spiro atoms. The largest absolute Gasteiger partial charge is 0.341 e. The van der Waals surface area contributed by atoms with Crippen molar-refractivity contribution in [1.82, 2.24) is 20.2 Å². The van der Waals surface area contributed by atoms with Crippen LogP contribution in [0.15, 0.2) is 24.3 Å². The first-order valence-electron chi connectivity index (χ1n) is 6.64. The quantitative estimate of drug-likeness (QED) is 0.846. The highest BCUT2D eigenvalue weighted by Gasteiger charge is 2.25. The number of para-hydroxylation sites is 2. The van der Waals surface area contributed by atoms with E-state index in [0.717, 1.165) is 36.5 Å². The summed E-state index contributed by atoms with van der Waals surface area (Å²) >= 11 is 0. The van der Waals surface area contributed by atoms with Gasteiger partial charge in [-0.1, -0.05) is 12.1 Å². The lowest BCUT2D eigenvalue weighted by Crippen LogP contribution is -2.54. The van der Waals surface area contributed by atoms with E-state index < -0.39 is 0 Å². The zero-order chi connectivity index (χ0) is 12.5. The highest BCUT2D eigenvalue weighted by Crippen LogP contribution is 2.16. The summed E-state index contributed by atoms with van der Waals surface area (Å²) in [5.74, 6) is 1.07. The van der Waals surface area contributed by atoms with E-state index in [-0.39, 0.29) is 0 Å². The highest BCUT2D eigenvalue weighted by molar-refractivity contribution is 5.74. The molecule has 4 heteroatoms. The monoisotopic (exact) mass is 244 g/mol. The minimum Gasteiger partial charge on any atom is -0.341 e. The van der Waals surface area contributed by atoms with Gasteiger partial charge in [0.1, 0.15) is 5.82 Å². The Bertz CT molecular complexity index is 490. The Morgan fingerprint density at radius 1 is 1.22 bits per heavy atom. The Labute approximate surface area is 107 Å². The van der Waals surface area contributed by atoms with Gasteiger partial charge >= 0.3 is 0 Å². The predicted molar refractivity (Wildman–Crippen MR) is 73.4 cm³/mol. The summed E-state index contributed by atoms with van der Waals surface area (Å²) in [4.78, 5) is 10.6. The zero-order valence-corrected chi connectivity index (χ0v) is 11.0. The number of imidazole rings is 1. The normalized spacial score (nSPS) is 25.7. The molecule has 0 radical (unpaired) electrons. The molecular weight excluding hydrogens is 224 g/mol. The first-order chi connectivity index (χ1) is 8.74. The summed E-state index contributed by atoms with van der Waals surface area (Å²) in [5.41, 5.74) is 2.19. The fourth-order valence-corrected chi connectivity index (χ4v) is 2.74. The molecule has 1 saturated heterocycles. The van der Waals surface area contributed by atoms with Crippen LogP contribution in [-0.4, -0.2) is 40.0 Å². The van der Waals surface area contributed by atoms with Gasteiger partial charge in [0.05, 0.1) is 17.6 Å². The molecule has 18 heavy (non-hydrogen) atoms. The number of aromatic amines is 1. The minimum atomic E-state index is 0.557. The van der Waals surface area contributed by atoms with Crippen LogP contribution >= 0.6 is 0 Å². The summed E-state index contributed by atoms with van der Waals surface area (Å²) in [6, 6.07) is 9.32. The second-order valence-corrected chi connectivity index (χ2v) is 5.23. The topological polar surface area (TPSA) is 44.0 Å². The fourth-order valence-electron chi connectivity index (χ4n) is 2.74. The number of H-pyrrole nitrogens is 1. The van der Waals surface area contributed by atoms with Crippen LogP contribution in [0.4, 0.5) is 0 Å². The van der Waals surface area contributed by atoms with Crippen molar-refractivity contribution >= 4 is 11.0 Å². The van der Waals surface area contributed by atoms with Crippen molar-refractivity contribution in [3.05, 3.63) is 30.1 Å². The number of benzene rings is 1. The van der Waals surface area contributed by atoms with E-state index in [1.54, 1.807) is 0 Å². The molecule has 1 aromatic carbocycles. The van der Waals surface area contributed by atoms with Gasteiger partial charge < -0.3 is 10.3 Å². The second kappa shape index (κ2) is 4.71. The summed E-state index contributed by atoms with van der Waals surface area (Å²) in [5, 5.41) is 3.45. The smallest absolute Gasteiger partial charge is 0.121 e. The molecule has 2 aromatic rings. The van der Waals surface area contributed by atoms with Gasteiger partial charge in [-0.3, -0.25) is 4.90 Å². The van der Waals surface area contributed by atoms with Gasteiger partial charge in [-0.15, -0.1) is 0 Å². The molecule has 96 valence electrons. The lowest BCUT2D eigenvalue weighted by atomic mass is 10.1. The molecule has 2 atom stereocenters. The molecule has 2 heterocycles. The van der Waals surface area contributed by atoms with E-state index in [1.807, 2.05) is 12.1 Å². The Morgan fingerprint density at radius 2 is 1.94 bits per heavy atom. The maximum absolute atomic E-state index is 4.66. The summed E-state index contributed by atoms with van der Waals surface area (Å²) in [7, 11) is 0. The van der Waals surface area contributed by atoms with Crippen molar-refractivity contribution in [3.63, 3.8) is 0 Å². The molecule has 0 aliphatic carbocycles. The van der Waals surface area contributed by atoms with Crippen LogP contribution in [0.2, 0.25) is 0 Å². The summed E-state index contributed by atoms with van der Waals surface area (Å²) < 4.78 is 0. The Balaban J connectivity index is 1.82. The highest BCUT2D eigenvalue weighted by atomic mass is 15.3. The van der Waals surface area contributed by atoms with E-state index in [2.05, 4.69) is 46.2 Å². The maximum Gasteiger partial charge on any atom is 0.121 e. The van der Waals surface area contributed by atoms with E-state index in [1.165, 1.54) is 0 Å². The predicted octanol–water partition coefficient (Wildman–Crippen LogP) is 1.75. The number of rotatable bonds is 2. The molecule has 1 aliphatic heterocycles. The van der Waals surface area contributed by atoms with Gasteiger partial charge in [-0.05, 0) is 26.0 Å². The standard InChI is InChI=1S/C14H20N4/c1-10-7-15-8-11(2)18(10)9-14-16-12-5-3-4-6-13(12)17-14/h3-6,10-11,15H,7-9H2,1-2H3,(H,16,17). The number of fused-ring (bicyclic) bond motifs is 1. The number of piperazine rings is 1. The number of nitrogens with one attached hydrogen (secondary N) is 2. The average Bonchev–Trinajstić information content (AvgIpc) is 2.76. The van der Waals surface area contributed by atoms with Crippen LogP contribution in [-0.2, 0) is 6.54 Å². The van der Waals surface area contributed by atoms with Crippen molar-refractivity contribution in [1.29, 1.82) is 0 Å². The van der Waals surface area contributed by atoms with E-state index in [0.29, 0.717) is 12.1 Å². The minimum absolute atomic E-state index is 0.557. The molecule has 0 saturated carbocycles. The number of hydrogen-bond acceptors (Lipinski definition) is 3. The third kappa shape index (κ3) is 2.13. The van der Waals surface area contributed by atoms with Crippen LogP contribution in [0.25, 0.3) is 11.0 Å². The SMILES string of the molecule is CC1CNCC(C)N1Cc1nc2ccccc2[nH]1. The molecule has 2 N–H and O–H groups in total. The van der Waals surface area contributed by atoms with Crippen LogP contribution in [0.5, 0.6) is 0 Å². The van der Waals surface area contributed by atoms with Gasteiger partial charge in [-0.25, -0.2) is 4.98 Å². The number of aromatic nitrogens is 2. The van der Waals surface area contributed by atoms with E-state index in [4.69, 9.17) is 0 Å². The van der Waals surface area contributed by atoms with Gasteiger partial charge in [0.25, 0.3) is 0 Å². The first kappa shape index (κ1) is 11.7. The molecular formula is C14H20N4. The first-order valence-corrected chi connectivity index (χ1v) is 6.64. The molecule has 2 unspecified atom stereocenters. The summed E-state index contributed by atoms with van der Waals surface area (Å²) in [6.45, 7) is 7.56. The van der Waals surface area contributed by atoms with Crippen molar-refractivity contribution in [3.8, 4) is 0 Å². The fraction of sp³-hybridized carbons (Fsp3) is 0.500. The molecule has 1 fully saturated rings. The van der Waals surface area contributed by atoms with Crippen molar-refractivity contribution in [2.24, 2.45) is 0 Å². The van der Waals surface area contributed by atoms with Gasteiger partial charge in [0.2, 0.25) is 0 Å². The maximum atomic E-state index is 4.66. The van der Waals surface area contributed by atoms with Crippen molar-refractivity contribution < 1.29 is 0 Å². The number of nitrogens with zero attached hydrogens (tertiary/aromatic N) is 2. The molecule has 1 aliphatic rings. The number of hydrogen-bond donors (Lipinski definition) is 2. The third-order valence-electron chi connectivity index (χ3n) is 3.78. The molecule has 1 aromatic heterocycles.